The molecule has 1 N–H and O–H groups in total. The van der Waals surface area contributed by atoms with Crippen molar-refractivity contribution in [2.75, 3.05) is 5.32 Å². The number of hydrogen-bond donors (Lipinski definition) is 1. The first kappa shape index (κ1) is 11.5. The summed E-state index contributed by atoms with van der Waals surface area (Å²) in [7, 11) is 0. The number of benzene rings is 1. The maximum absolute atomic E-state index is 11.0. The van der Waals surface area contributed by atoms with Gasteiger partial charge in [0.2, 0.25) is 5.91 Å². The van der Waals surface area contributed by atoms with Crippen LogP contribution in [0.1, 0.15) is 12.5 Å². The van der Waals surface area contributed by atoms with Crippen molar-refractivity contribution in [1.82, 2.24) is 4.57 Å². The van der Waals surface area contributed by atoms with Crippen molar-refractivity contribution in [2.45, 2.75) is 19.9 Å². The lowest BCUT2D eigenvalue weighted by Gasteiger charge is -2.06. The van der Waals surface area contributed by atoms with Gasteiger partial charge in [-0.2, -0.15) is 0 Å². The van der Waals surface area contributed by atoms with E-state index >= 15 is 0 Å². The van der Waals surface area contributed by atoms with Crippen LogP contribution in [0.25, 0.3) is 0 Å². The highest BCUT2D eigenvalue weighted by molar-refractivity contribution is 5.88. The maximum atomic E-state index is 11.0. The van der Waals surface area contributed by atoms with Crippen LogP contribution < -0.4 is 5.32 Å². The number of aryl methyl sites for hydroxylation is 2. The third kappa shape index (κ3) is 3.48. The van der Waals surface area contributed by atoms with E-state index in [-0.39, 0.29) is 5.91 Å². The molecule has 0 atom stereocenters. The fourth-order valence-electron chi connectivity index (χ4n) is 1.79. The number of hydrogen-bond acceptors (Lipinski definition) is 1. The second-order valence-corrected chi connectivity index (χ2v) is 4.05. The summed E-state index contributed by atoms with van der Waals surface area (Å²) in [6.07, 6.45) is 5.07. The Kier molecular flexibility index (Phi) is 3.60. The molecule has 2 aromatic rings. The van der Waals surface area contributed by atoms with Crippen molar-refractivity contribution in [2.24, 2.45) is 0 Å². The minimum absolute atomic E-state index is 0.0347. The summed E-state index contributed by atoms with van der Waals surface area (Å²) in [6.45, 7) is 2.48. The van der Waals surface area contributed by atoms with E-state index < -0.39 is 0 Å². The van der Waals surface area contributed by atoms with Gasteiger partial charge in [-0.25, -0.2) is 0 Å². The highest BCUT2D eigenvalue weighted by Crippen LogP contribution is 2.11. The first-order chi connectivity index (χ1) is 8.24. The lowest BCUT2D eigenvalue weighted by atomic mass is 10.1. The van der Waals surface area contributed by atoms with Crippen LogP contribution >= 0.6 is 0 Å². The predicted molar refractivity (Wildman–Crippen MR) is 68.9 cm³/mol. The van der Waals surface area contributed by atoms with Crippen LogP contribution in [0.2, 0.25) is 0 Å². The van der Waals surface area contributed by atoms with Gasteiger partial charge in [-0.05, 0) is 36.2 Å². The van der Waals surface area contributed by atoms with E-state index in [4.69, 9.17) is 0 Å². The van der Waals surface area contributed by atoms with Crippen LogP contribution in [-0.2, 0) is 17.8 Å². The van der Waals surface area contributed by atoms with Crippen LogP contribution in [0.4, 0.5) is 5.69 Å². The summed E-state index contributed by atoms with van der Waals surface area (Å²) in [5, 5.41) is 2.79. The number of carbonyl (C=O) groups is 1. The van der Waals surface area contributed by atoms with Crippen LogP contribution in [0.15, 0.2) is 48.8 Å². The molecular formula is C14H16N2O. The highest BCUT2D eigenvalue weighted by atomic mass is 16.1. The van der Waals surface area contributed by atoms with Crippen molar-refractivity contribution < 1.29 is 4.79 Å². The highest BCUT2D eigenvalue weighted by Gasteiger charge is 1.98. The second-order valence-electron chi connectivity index (χ2n) is 4.05. The molecule has 0 fully saturated rings. The van der Waals surface area contributed by atoms with E-state index in [1.54, 1.807) is 0 Å². The molecule has 0 bridgehead atoms. The van der Waals surface area contributed by atoms with Gasteiger partial charge < -0.3 is 9.88 Å². The van der Waals surface area contributed by atoms with E-state index in [0.29, 0.717) is 0 Å². The first-order valence-corrected chi connectivity index (χ1v) is 5.71. The largest absolute Gasteiger partial charge is 0.354 e. The van der Waals surface area contributed by atoms with Crippen LogP contribution in [-0.4, -0.2) is 10.5 Å². The molecule has 1 aromatic carbocycles. The number of nitrogens with zero attached hydrogens (tertiary/aromatic N) is 1. The number of carbonyl (C=O) groups excluding carboxylic acids is 1. The van der Waals surface area contributed by atoms with Crippen molar-refractivity contribution in [3.05, 3.63) is 54.4 Å². The first-order valence-electron chi connectivity index (χ1n) is 5.71. The number of anilines is 1. The van der Waals surface area contributed by atoms with Crippen molar-refractivity contribution in [3.63, 3.8) is 0 Å². The molecule has 1 aromatic heterocycles. The Labute approximate surface area is 101 Å². The van der Waals surface area contributed by atoms with Crippen molar-refractivity contribution >= 4 is 11.6 Å². The van der Waals surface area contributed by atoms with E-state index in [1.807, 2.05) is 30.3 Å². The standard InChI is InChI=1S/C14H16N2O/c1-12(17)15-14-6-4-5-13(11-14)7-10-16-8-2-3-9-16/h2-6,8-9,11H,7,10H2,1H3,(H,15,17). The molecule has 0 radical (unpaired) electrons. The lowest BCUT2D eigenvalue weighted by molar-refractivity contribution is -0.114. The maximum Gasteiger partial charge on any atom is 0.221 e. The number of rotatable bonds is 4. The smallest absolute Gasteiger partial charge is 0.221 e. The Bertz CT molecular complexity index is 489. The van der Waals surface area contributed by atoms with Gasteiger partial charge in [-0.1, -0.05) is 12.1 Å². The average Bonchev–Trinajstić information content (AvgIpc) is 2.79. The van der Waals surface area contributed by atoms with E-state index in [0.717, 1.165) is 18.7 Å². The van der Waals surface area contributed by atoms with Crippen molar-refractivity contribution in [1.29, 1.82) is 0 Å². The third-order valence-corrected chi connectivity index (χ3v) is 2.57. The molecule has 88 valence electrons. The fourth-order valence-corrected chi connectivity index (χ4v) is 1.79. The number of nitrogens with one attached hydrogen (secondary N) is 1. The molecule has 0 spiro atoms. The lowest BCUT2D eigenvalue weighted by Crippen LogP contribution is -2.06. The van der Waals surface area contributed by atoms with Gasteiger partial charge >= 0.3 is 0 Å². The molecule has 0 aliphatic carbocycles. The molecule has 3 nitrogen and oxygen atoms in total. The van der Waals surface area contributed by atoms with Gasteiger partial charge in [0.25, 0.3) is 0 Å². The summed E-state index contributed by atoms with van der Waals surface area (Å²) >= 11 is 0. The monoisotopic (exact) mass is 228 g/mol. The van der Waals surface area contributed by atoms with Crippen LogP contribution in [0.3, 0.4) is 0 Å². The molecule has 0 unspecified atom stereocenters. The molecule has 1 amide bonds. The molecular weight excluding hydrogens is 212 g/mol. The number of aromatic nitrogens is 1. The second kappa shape index (κ2) is 5.34. The third-order valence-electron chi connectivity index (χ3n) is 2.57. The average molecular weight is 228 g/mol. The summed E-state index contributed by atoms with van der Waals surface area (Å²) in [4.78, 5) is 11.0. The SMILES string of the molecule is CC(=O)Nc1cccc(CCn2cccc2)c1. The van der Waals surface area contributed by atoms with Gasteiger partial charge in [0.1, 0.15) is 0 Å². The summed E-state index contributed by atoms with van der Waals surface area (Å²) in [5.41, 5.74) is 2.09. The van der Waals surface area contributed by atoms with E-state index in [1.165, 1.54) is 12.5 Å². The van der Waals surface area contributed by atoms with E-state index in [9.17, 15) is 4.79 Å². The minimum Gasteiger partial charge on any atom is -0.354 e. The molecule has 0 aliphatic heterocycles. The zero-order chi connectivity index (χ0) is 12.1. The zero-order valence-electron chi connectivity index (χ0n) is 9.89. The molecule has 2 rings (SSSR count). The molecule has 1 heterocycles. The van der Waals surface area contributed by atoms with Gasteiger partial charge in [-0.3, -0.25) is 4.79 Å². The summed E-state index contributed by atoms with van der Waals surface area (Å²) < 4.78 is 2.14. The minimum atomic E-state index is -0.0347. The van der Waals surface area contributed by atoms with Gasteiger partial charge in [-0.15, -0.1) is 0 Å². The zero-order valence-corrected chi connectivity index (χ0v) is 9.89. The van der Waals surface area contributed by atoms with E-state index in [2.05, 4.69) is 28.3 Å². The predicted octanol–water partition coefficient (Wildman–Crippen LogP) is 2.69. The molecule has 3 heteroatoms. The normalized spacial score (nSPS) is 10.2. The molecule has 0 aliphatic rings. The quantitative estimate of drug-likeness (QED) is 0.857. The van der Waals surface area contributed by atoms with Crippen LogP contribution in [0, 0.1) is 0 Å². The molecule has 0 saturated heterocycles. The molecule has 17 heavy (non-hydrogen) atoms. The Morgan fingerprint density at radius 1 is 1.24 bits per heavy atom. The Morgan fingerprint density at radius 3 is 2.71 bits per heavy atom. The van der Waals surface area contributed by atoms with Gasteiger partial charge in [0.05, 0.1) is 0 Å². The summed E-state index contributed by atoms with van der Waals surface area (Å²) in [6, 6.07) is 12.0. The number of amides is 1. The topological polar surface area (TPSA) is 34.0 Å². The Hall–Kier alpha value is -2.03. The Morgan fingerprint density at radius 2 is 2.00 bits per heavy atom. The van der Waals surface area contributed by atoms with Gasteiger partial charge in [0.15, 0.2) is 0 Å². The molecule has 0 saturated carbocycles. The Balaban J connectivity index is 1.98. The van der Waals surface area contributed by atoms with Crippen molar-refractivity contribution in [3.8, 4) is 0 Å². The van der Waals surface area contributed by atoms with Gasteiger partial charge in [0, 0.05) is 31.5 Å². The fraction of sp³-hybridized carbons (Fsp3) is 0.214. The summed E-state index contributed by atoms with van der Waals surface area (Å²) in [5.74, 6) is -0.0347. The van der Waals surface area contributed by atoms with Crippen LogP contribution in [0.5, 0.6) is 0 Å².